The molecule has 6 heteroatoms. The molecule has 0 N–H and O–H groups in total. The summed E-state index contributed by atoms with van der Waals surface area (Å²) in [7, 11) is 0. The lowest BCUT2D eigenvalue weighted by Gasteiger charge is -2.33. The van der Waals surface area contributed by atoms with E-state index in [9.17, 15) is 4.79 Å². The van der Waals surface area contributed by atoms with Gasteiger partial charge >= 0.3 is 0 Å². The summed E-state index contributed by atoms with van der Waals surface area (Å²) in [6, 6.07) is 12.2. The molecule has 120 valence electrons. The number of nitrogens with zero attached hydrogens (tertiary/aromatic N) is 5. The highest BCUT2D eigenvalue weighted by Crippen LogP contribution is 2.25. The average molecular weight is 311 g/mol. The zero-order valence-electron chi connectivity index (χ0n) is 13.3. The van der Waals surface area contributed by atoms with Crippen LogP contribution in [-0.2, 0) is 4.79 Å². The Morgan fingerprint density at radius 1 is 1.13 bits per heavy atom. The Kier molecular flexibility index (Phi) is 4.71. The molecule has 0 spiro atoms. The van der Waals surface area contributed by atoms with E-state index in [2.05, 4.69) is 38.8 Å². The molecule has 2 heterocycles. The number of aromatic nitrogens is 2. The van der Waals surface area contributed by atoms with Crippen LogP contribution >= 0.6 is 0 Å². The van der Waals surface area contributed by atoms with Crippen molar-refractivity contribution in [3.05, 3.63) is 42.7 Å². The minimum atomic E-state index is 0.735. The molecular formula is C17H21N5O. The number of carbonyl (C=O) groups is 1. The first-order chi connectivity index (χ1) is 11.3. The molecule has 3 rings (SSSR count). The van der Waals surface area contributed by atoms with Gasteiger partial charge in [0.05, 0.1) is 0 Å². The number of carbonyl (C=O) groups excluding carboxylic acids is 1. The van der Waals surface area contributed by atoms with E-state index in [1.54, 1.807) is 11.2 Å². The lowest BCUT2D eigenvalue weighted by atomic mass is 10.2. The van der Waals surface area contributed by atoms with Gasteiger partial charge in [-0.15, -0.1) is 0 Å². The van der Waals surface area contributed by atoms with E-state index >= 15 is 0 Å². The van der Waals surface area contributed by atoms with Gasteiger partial charge in [-0.2, -0.15) is 0 Å². The van der Waals surface area contributed by atoms with Gasteiger partial charge in [0.1, 0.15) is 18.0 Å². The fourth-order valence-electron chi connectivity index (χ4n) is 2.80. The largest absolute Gasteiger partial charge is 0.353 e. The van der Waals surface area contributed by atoms with Crippen molar-refractivity contribution in [2.45, 2.75) is 6.92 Å². The Bertz CT molecular complexity index is 640. The van der Waals surface area contributed by atoms with Crippen LogP contribution < -0.4 is 9.80 Å². The molecule has 1 amide bonds. The minimum absolute atomic E-state index is 0.735. The van der Waals surface area contributed by atoms with E-state index in [-0.39, 0.29) is 0 Å². The van der Waals surface area contributed by atoms with Gasteiger partial charge < -0.3 is 14.7 Å². The van der Waals surface area contributed by atoms with Crippen LogP contribution in [0.5, 0.6) is 0 Å². The van der Waals surface area contributed by atoms with Crippen LogP contribution in [0.2, 0.25) is 0 Å². The van der Waals surface area contributed by atoms with Gasteiger partial charge in [0.25, 0.3) is 0 Å². The summed E-state index contributed by atoms with van der Waals surface area (Å²) in [6.07, 6.45) is 2.53. The van der Waals surface area contributed by atoms with E-state index in [1.165, 1.54) is 0 Å². The second kappa shape index (κ2) is 7.09. The highest BCUT2D eigenvalue weighted by atomic mass is 16.1. The number of para-hydroxylation sites is 1. The Balaban J connectivity index is 1.80. The molecule has 0 saturated carbocycles. The lowest BCUT2D eigenvalue weighted by molar-refractivity contribution is -0.118. The fraction of sp³-hybridized carbons (Fsp3) is 0.353. The SMILES string of the molecule is CCN(c1ccccc1)c1cc(N2CCN(C=O)CC2)ncn1. The number of hydrogen-bond donors (Lipinski definition) is 0. The number of piperazine rings is 1. The maximum atomic E-state index is 10.8. The molecule has 1 aliphatic rings. The smallest absolute Gasteiger partial charge is 0.209 e. The quantitative estimate of drug-likeness (QED) is 0.790. The van der Waals surface area contributed by atoms with Gasteiger partial charge in [-0.1, -0.05) is 18.2 Å². The number of benzene rings is 1. The summed E-state index contributed by atoms with van der Waals surface area (Å²) < 4.78 is 0. The Hall–Kier alpha value is -2.63. The second-order valence-corrected chi connectivity index (χ2v) is 5.44. The summed E-state index contributed by atoms with van der Waals surface area (Å²) in [5.41, 5.74) is 1.12. The number of amides is 1. The van der Waals surface area contributed by atoms with E-state index in [0.717, 1.165) is 56.5 Å². The summed E-state index contributed by atoms with van der Waals surface area (Å²) in [5.74, 6) is 1.80. The van der Waals surface area contributed by atoms with Crippen molar-refractivity contribution in [3.8, 4) is 0 Å². The second-order valence-electron chi connectivity index (χ2n) is 5.44. The van der Waals surface area contributed by atoms with Crippen LogP contribution in [0.4, 0.5) is 17.3 Å². The molecule has 0 bridgehead atoms. The van der Waals surface area contributed by atoms with Gasteiger partial charge in [0.15, 0.2) is 0 Å². The number of rotatable bonds is 5. The summed E-state index contributed by atoms with van der Waals surface area (Å²) in [6.45, 7) is 6.01. The van der Waals surface area contributed by atoms with Crippen LogP contribution in [0, 0.1) is 0 Å². The standard InChI is InChI=1S/C17H21N5O/c1-2-22(15-6-4-3-5-7-15)17-12-16(18-13-19-17)21-10-8-20(14-23)9-11-21/h3-7,12-14H,2,8-11H2,1H3. The highest BCUT2D eigenvalue weighted by Gasteiger charge is 2.18. The van der Waals surface area contributed by atoms with Crippen molar-refractivity contribution in [1.82, 2.24) is 14.9 Å². The van der Waals surface area contributed by atoms with Crippen LogP contribution in [0.25, 0.3) is 0 Å². The summed E-state index contributed by atoms with van der Waals surface area (Å²) in [4.78, 5) is 25.8. The van der Waals surface area contributed by atoms with Crippen LogP contribution in [-0.4, -0.2) is 54.0 Å². The maximum Gasteiger partial charge on any atom is 0.209 e. The Labute approximate surface area is 136 Å². The number of anilines is 3. The molecule has 2 aromatic rings. The molecule has 0 unspecified atom stereocenters. The molecule has 1 aromatic heterocycles. The average Bonchev–Trinajstić information content (AvgIpc) is 2.64. The van der Waals surface area contributed by atoms with E-state index in [4.69, 9.17) is 0 Å². The third-order valence-electron chi connectivity index (χ3n) is 4.09. The lowest BCUT2D eigenvalue weighted by Crippen LogP contribution is -2.46. The van der Waals surface area contributed by atoms with Gasteiger partial charge in [-0.05, 0) is 19.1 Å². The van der Waals surface area contributed by atoms with Crippen LogP contribution in [0.3, 0.4) is 0 Å². The molecule has 1 saturated heterocycles. The number of hydrogen-bond acceptors (Lipinski definition) is 5. The van der Waals surface area contributed by atoms with Crippen molar-refractivity contribution in [2.24, 2.45) is 0 Å². The van der Waals surface area contributed by atoms with Crippen molar-refractivity contribution in [1.29, 1.82) is 0 Å². The predicted octanol–water partition coefficient (Wildman–Crippen LogP) is 1.91. The van der Waals surface area contributed by atoms with Crippen molar-refractivity contribution in [2.75, 3.05) is 42.5 Å². The monoisotopic (exact) mass is 311 g/mol. The molecular weight excluding hydrogens is 290 g/mol. The molecule has 0 atom stereocenters. The third-order valence-corrected chi connectivity index (χ3v) is 4.09. The third kappa shape index (κ3) is 3.41. The minimum Gasteiger partial charge on any atom is -0.353 e. The van der Waals surface area contributed by atoms with E-state index in [0.29, 0.717) is 0 Å². The molecule has 1 aromatic carbocycles. The molecule has 1 fully saturated rings. The molecule has 6 nitrogen and oxygen atoms in total. The molecule has 0 aliphatic carbocycles. The van der Waals surface area contributed by atoms with Gasteiger partial charge in [0.2, 0.25) is 6.41 Å². The van der Waals surface area contributed by atoms with Crippen LogP contribution in [0.15, 0.2) is 42.7 Å². The Morgan fingerprint density at radius 3 is 2.52 bits per heavy atom. The van der Waals surface area contributed by atoms with Gasteiger partial charge in [-0.25, -0.2) is 9.97 Å². The van der Waals surface area contributed by atoms with Gasteiger partial charge in [-0.3, -0.25) is 4.79 Å². The van der Waals surface area contributed by atoms with Crippen molar-refractivity contribution in [3.63, 3.8) is 0 Å². The first-order valence-corrected chi connectivity index (χ1v) is 7.90. The molecule has 0 radical (unpaired) electrons. The first-order valence-electron chi connectivity index (χ1n) is 7.90. The normalized spacial score (nSPS) is 14.7. The highest BCUT2D eigenvalue weighted by molar-refractivity contribution is 5.62. The predicted molar refractivity (Wildman–Crippen MR) is 91.0 cm³/mol. The molecule has 1 aliphatic heterocycles. The summed E-state index contributed by atoms with van der Waals surface area (Å²) in [5, 5.41) is 0. The Morgan fingerprint density at radius 2 is 1.87 bits per heavy atom. The zero-order valence-corrected chi connectivity index (χ0v) is 13.3. The zero-order chi connectivity index (χ0) is 16.1. The van der Waals surface area contributed by atoms with E-state index < -0.39 is 0 Å². The van der Waals surface area contributed by atoms with Gasteiger partial charge in [0, 0.05) is 44.5 Å². The summed E-state index contributed by atoms with van der Waals surface area (Å²) >= 11 is 0. The maximum absolute atomic E-state index is 10.8. The first kappa shape index (κ1) is 15.3. The van der Waals surface area contributed by atoms with Crippen molar-refractivity contribution < 1.29 is 4.79 Å². The van der Waals surface area contributed by atoms with Crippen molar-refractivity contribution >= 4 is 23.7 Å². The molecule has 23 heavy (non-hydrogen) atoms. The van der Waals surface area contributed by atoms with E-state index in [1.807, 2.05) is 24.3 Å². The fourth-order valence-corrected chi connectivity index (χ4v) is 2.80. The topological polar surface area (TPSA) is 52.6 Å². The van der Waals surface area contributed by atoms with Crippen LogP contribution in [0.1, 0.15) is 6.92 Å².